The highest BCUT2D eigenvalue weighted by Crippen LogP contribution is 2.18. The second-order valence-corrected chi connectivity index (χ2v) is 23.4. The molecule has 0 saturated carbocycles. The maximum Gasteiger partial charge on any atom is 0.306 e. The van der Waals surface area contributed by atoms with Crippen molar-refractivity contribution in [2.45, 2.75) is 348 Å². The molecule has 6 heteroatoms. The van der Waals surface area contributed by atoms with Gasteiger partial charge < -0.3 is 14.2 Å². The highest BCUT2D eigenvalue weighted by Gasteiger charge is 2.19. The minimum atomic E-state index is -0.822. The zero-order valence-corrected chi connectivity index (χ0v) is 54.7. The summed E-state index contributed by atoms with van der Waals surface area (Å²) in [5, 5.41) is 0. The van der Waals surface area contributed by atoms with Gasteiger partial charge in [0.15, 0.2) is 6.10 Å². The highest BCUT2D eigenvalue weighted by molar-refractivity contribution is 5.71. The summed E-state index contributed by atoms with van der Waals surface area (Å²) < 4.78 is 16.8. The lowest BCUT2D eigenvalue weighted by Gasteiger charge is -2.18. The maximum atomic E-state index is 12.9. The minimum absolute atomic E-state index is 0.109. The number of esters is 3. The molecule has 0 aromatic heterocycles. The zero-order chi connectivity index (χ0) is 59.9. The Morgan fingerprint density at radius 1 is 0.253 bits per heavy atom. The molecule has 6 nitrogen and oxygen atoms in total. The molecule has 0 bridgehead atoms. The van der Waals surface area contributed by atoms with Gasteiger partial charge >= 0.3 is 17.9 Å². The van der Waals surface area contributed by atoms with Crippen LogP contribution in [-0.4, -0.2) is 37.2 Å². The first-order valence-corrected chi connectivity index (χ1v) is 35.4. The molecule has 0 aliphatic heterocycles. The van der Waals surface area contributed by atoms with Gasteiger partial charge in [0.2, 0.25) is 0 Å². The first kappa shape index (κ1) is 79.1. The third kappa shape index (κ3) is 68.7. The smallest absolute Gasteiger partial charge is 0.306 e. The molecule has 83 heavy (non-hydrogen) atoms. The molecule has 0 aromatic carbocycles. The van der Waals surface area contributed by atoms with Gasteiger partial charge in [-0.05, 0) is 109 Å². The van der Waals surface area contributed by atoms with Crippen molar-refractivity contribution in [3.05, 3.63) is 109 Å². The molecule has 476 valence electrons. The van der Waals surface area contributed by atoms with Crippen molar-refractivity contribution in [3.63, 3.8) is 0 Å². The fraction of sp³-hybridized carbons (Fsp3) is 0.727. The lowest BCUT2D eigenvalue weighted by atomic mass is 10.0. The van der Waals surface area contributed by atoms with Gasteiger partial charge in [0.05, 0.1) is 0 Å². The third-order valence-electron chi connectivity index (χ3n) is 15.3. The average Bonchev–Trinajstić information content (AvgIpc) is 3.49. The Morgan fingerprint density at radius 2 is 0.494 bits per heavy atom. The van der Waals surface area contributed by atoms with Crippen LogP contribution in [0.1, 0.15) is 342 Å². The molecular weight excluding hydrogens is 1020 g/mol. The lowest BCUT2D eigenvalue weighted by molar-refractivity contribution is -0.166. The van der Waals surface area contributed by atoms with Crippen LogP contribution in [0.25, 0.3) is 0 Å². The van der Waals surface area contributed by atoms with Crippen LogP contribution in [0.4, 0.5) is 0 Å². The van der Waals surface area contributed by atoms with Crippen LogP contribution < -0.4 is 0 Å². The number of ether oxygens (including phenoxy) is 3. The first-order valence-electron chi connectivity index (χ1n) is 35.4. The van der Waals surface area contributed by atoms with Crippen molar-refractivity contribution in [2.24, 2.45) is 0 Å². The summed E-state index contributed by atoms with van der Waals surface area (Å²) in [5.41, 5.74) is 0. The number of carbonyl (C=O) groups excluding carboxylic acids is 3. The topological polar surface area (TPSA) is 78.9 Å². The van der Waals surface area contributed by atoms with E-state index in [-0.39, 0.29) is 44.0 Å². The SMILES string of the molecule is CC/C=C\C/C=C\C/C=C\C/C=C\CCCCCCC(=O)OC(COC(=O)CC/C=C\C/C=C\C/C=C\C/C=C\CC)COC(=O)CCCCCCCCCCCCCCCCCCCCCCCCC/C=C\CCCCCCCCCC. The number of carbonyl (C=O) groups is 3. The van der Waals surface area contributed by atoms with Crippen LogP contribution in [0.15, 0.2) is 109 Å². The monoisotopic (exact) mass is 1150 g/mol. The molecule has 0 heterocycles. The van der Waals surface area contributed by atoms with Gasteiger partial charge in [-0.2, -0.15) is 0 Å². The standard InChI is InChI=1S/C77H132O6/c1-4-7-10-13-16-19-22-25-27-29-30-31-32-33-34-35-36-37-38-39-40-41-42-43-44-45-46-48-49-52-55-58-61-64-67-70-76(79)82-73-74(72-81-75(78)69-66-63-60-57-54-51-24-21-18-15-12-9-6-3)83-77(80)71-68-65-62-59-56-53-50-47-28-26-23-20-17-14-11-8-5-2/h8-9,11-12,17-18,20-21,26,28-30,50-51,53-54,60,63,74H,4-7,10,13-16,19,22-25,27,31-49,52,55-59,61-62,64-73H2,1-3H3/b11-8-,12-9-,20-17-,21-18-,28-26-,30-29-,53-50-,54-51-,63-60-. The molecule has 0 aromatic rings. The van der Waals surface area contributed by atoms with Gasteiger partial charge in [0, 0.05) is 19.3 Å². The minimum Gasteiger partial charge on any atom is -0.462 e. The molecule has 1 unspecified atom stereocenters. The van der Waals surface area contributed by atoms with Gasteiger partial charge in [-0.15, -0.1) is 0 Å². The summed E-state index contributed by atoms with van der Waals surface area (Å²) in [5.74, 6) is -1.01. The second kappa shape index (κ2) is 70.6. The summed E-state index contributed by atoms with van der Waals surface area (Å²) in [7, 11) is 0. The number of hydrogen-bond donors (Lipinski definition) is 0. The Morgan fingerprint density at radius 3 is 0.819 bits per heavy atom. The molecule has 0 rings (SSSR count). The van der Waals surface area contributed by atoms with E-state index in [2.05, 4.69) is 124 Å². The molecule has 0 amide bonds. The largest absolute Gasteiger partial charge is 0.462 e. The van der Waals surface area contributed by atoms with Crippen molar-refractivity contribution in [2.75, 3.05) is 13.2 Å². The van der Waals surface area contributed by atoms with E-state index in [1.165, 1.54) is 193 Å². The fourth-order valence-electron chi connectivity index (χ4n) is 10.0. The van der Waals surface area contributed by atoms with Crippen LogP contribution in [-0.2, 0) is 28.6 Å². The Balaban J connectivity index is 4.15. The molecule has 0 N–H and O–H groups in total. The van der Waals surface area contributed by atoms with Gasteiger partial charge in [-0.1, -0.05) is 323 Å². The third-order valence-corrected chi connectivity index (χ3v) is 15.3. The van der Waals surface area contributed by atoms with Gasteiger partial charge in [0.25, 0.3) is 0 Å². The molecular formula is C77H132O6. The summed E-state index contributed by atoms with van der Waals surface area (Å²) in [4.78, 5) is 38.3. The quantitative estimate of drug-likeness (QED) is 0.0261. The number of hydrogen-bond acceptors (Lipinski definition) is 6. The van der Waals surface area contributed by atoms with E-state index in [1.54, 1.807) is 0 Å². The second-order valence-electron chi connectivity index (χ2n) is 23.4. The molecule has 0 fully saturated rings. The van der Waals surface area contributed by atoms with E-state index < -0.39 is 6.10 Å². The molecule has 1 atom stereocenters. The van der Waals surface area contributed by atoms with Crippen LogP contribution in [0.3, 0.4) is 0 Å². The summed E-state index contributed by atoms with van der Waals surface area (Å²) in [6.45, 7) is 6.35. The van der Waals surface area contributed by atoms with Crippen molar-refractivity contribution >= 4 is 17.9 Å². The Bertz CT molecular complexity index is 1660. The molecule has 0 saturated heterocycles. The first-order chi connectivity index (χ1) is 41.0. The summed E-state index contributed by atoms with van der Waals surface area (Å²) in [6, 6.07) is 0. The van der Waals surface area contributed by atoms with Gasteiger partial charge in [-0.3, -0.25) is 14.4 Å². The highest BCUT2D eigenvalue weighted by atomic mass is 16.6. The molecule has 0 aliphatic rings. The van der Waals surface area contributed by atoms with E-state index >= 15 is 0 Å². The Hall–Kier alpha value is -3.93. The van der Waals surface area contributed by atoms with Crippen molar-refractivity contribution in [3.8, 4) is 0 Å². The average molecular weight is 1150 g/mol. The van der Waals surface area contributed by atoms with E-state index in [0.29, 0.717) is 12.8 Å². The predicted octanol–water partition coefficient (Wildman–Crippen LogP) is 24.6. The fourth-order valence-corrected chi connectivity index (χ4v) is 10.0. The zero-order valence-electron chi connectivity index (χ0n) is 54.7. The van der Waals surface area contributed by atoms with Crippen molar-refractivity contribution < 1.29 is 28.6 Å². The van der Waals surface area contributed by atoms with Crippen molar-refractivity contribution in [1.29, 1.82) is 0 Å². The van der Waals surface area contributed by atoms with Crippen LogP contribution in [0.2, 0.25) is 0 Å². The molecule has 0 spiro atoms. The predicted molar refractivity (Wildman–Crippen MR) is 362 cm³/mol. The van der Waals surface area contributed by atoms with E-state index in [1.807, 2.05) is 6.08 Å². The van der Waals surface area contributed by atoms with Crippen LogP contribution in [0.5, 0.6) is 0 Å². The molecule has 0 radical (unpaired) electrons. The number of allylic oxidation sites excluding steroid dienone is 18. The molecule has 0 aliphatic carbocycles. The Labute approximate surface area is 514 Å². The number of rotatable bonds is 64. The van der Waals surface area contributed by atoms with Crippen molar-refractivity contribution in [1.82, 2.24) is 0 Å². The van der Waals surface area contributed by atoms with E-state index in [9.17, 15) is 14.4 Å². The van der Waals surface area contributed by atoms with E-state index in [0.717, 1.165) is 103 Å². The maximum absolute atomic E-state index is 12.9. The van der Waals surface area contributed by atoms with E-state index in [4.69, 9.17) is 14.2 Å². The van der Waals surface area contributed by atoms with Gasteiger partial charge in [-0.25, -0.2) is 0 Å². The normalized spacial score (nSPS) is 12.8. The Kier molecular flexibility index (Phi) is 67.2. The lowest BCUT2D eigenvalue weighted by Crippen LogP contribution is -2.30. The summed E-state index contributed by atoms with van der Waals surface area (Å²) >= 11 is 0. The van der Waals surface area contributed by atoms with Gasteiger partial charge in [0.1, 0.15) is 13.2 Å². The summed E-state index contributed by atoms with van der Waals surface area (Å²) in [6.07, 6.45) is 97.4. The van der Waals surface area contributed by atoms with Crippen LogP contribution >= 0.6 is 0 Å². The number of unbranched alkanes of at least 4 members (excludes halogenated alkanes) is 35. The van der Waals surface area contributed by atoms with Crippen LogP contribution in [0, 0.1) is 0 Å².